The molecule has 0 radical (unpaired) electrons. The number of carbonyl (C=O) groups is 1. The van der Waals surface area contributed by atoms with Gasteiger partial charge in [0.25, 0.3) is 0 Å². The predicted octanol–water partition coefficient (Wildman–Crippen LogP) is 2.79. The largest absolute Gasteiger partial charge is 0.358 e. The molecule has 2 heterocycles. The second-order valence-electron chi connectivity index (χ2n) is 6.11. The highest BCUT2D eigenvalue weighted by Gasteiger charge is 2.52. The van der Waals surface area contributed by atoms with Crippen molar-refractivity contribution in [3.05, 3.63) is 23.3 Å². The molecule has 17 heavy (non-hydrogen) atoms. The molecule has 0 amide bonds. The van der Waals surface area contributed by atoms with E-state index in [9.17, 15) is 4.79 Å². The van der Waals surface area contributed by atoms with E-state index < -0.39 is 0 Å². The van der Waals surface area contributed by atoms with Gasteiger partial charge >= 0.3 is 0 Å². The van der Waals surface area contributed by atoms with Crippen molar-refractivity contribution >= 4 is 5.78 Å². The first-order valence-electron chi connectivity index (χ1n) is 6.83. The molecule has 4 rings (SSSR count). The minimum absolute atomic E-state index is 0.0188. The summed E-state index contributed by atoms with van der Waals surface area (Å²) in [5.74, 6) is 1.40. The summed E-state index contributed by atoms with van der Waals surface area (Å²) >= 11 is 0. The average Bonchev–Trinajstić information content (AvgIpc) is 2.90. The van der Waals surface area contributed by atoms with Gasteiger partial charge in [-0.25, -0.2) is 0 Å². The molecule has 2 nitrogen and oxygen atoms in total. The van der Waals surface area contributed by atoms with E-state index in [2.05, 4.69) is 19.1 Å². The van der Waals surface area contributed by atoms with Crippen molar-refractivity contribution in [3.8, 4) is 0 Å². The van der Waals surface area contributed by atoms with Crippen LogP contribution in [0.15, 0.2) is 23.3 Å². The Morgan fingerprint density at radius 3 is 3.18 bits per heavy atom. The third-order valence-corrected chi connectivity index (χ3v) is 5.19. The van der Waals surface area contributed by atoms with Crippen molar-refractivity contribution in [2.45, 2.75) is 50.7 Å². The minimum atomic E-state index is -0.0226. The van der Waals surface area contributed by atoms with Crippen molar-refractivity contribution in [3.63, 3.8) is 0 Å². The van der Waals surface area contributed by atoms with Crippen molar-refractivity contribution in [1.29, 1.82) is 0 Å². The molecular formula is C15H18O2. The number of rotatable bonds is 0. The first-order valence-corrected chi connectivity index (χ1v) is 6.83. The molecule has 1 saturated carbocycles. The Bertz CT molecular complexity index is 460. The zero-order valence-corrected chi connectivity index (χ0v) is 10.2. The van der Waals surface area contributed by atoms with Gasteiger partial charge in [-0.2, -0.15) is 0 Å². The van der Waals surface area contributed by atoms with Gasteiger partial charge in [-0.05, 0) is 37.5 Å². The number of ether oxygens (including phenoxy) is 1. The molecule has 2 aliphatic heterocycles. The molecule has 2 heteroatoms. The lowest BCUT2D eigenvalue weighted by Crippen LogP contribution is -2.33. The monoisotopic (exact) mass is 230 g/mol. The molecule has 0 unspecified atom stereocenters. The summed E-state index contributed by atoms with van der Waals surface area (Å²) in [4.78, 5) is 12.1. The standard InChI is InChI=1S/C15H18O2/c1-9-7-12(16)14-11(9)8-10-3-2-5-15(10)6-4-13(14)17-15/h4,6,9-10,13H,2-3,5,7-8H2,1H3/t9-,10-,13+,15-/m0/s1. The number of hydrogen-bond donors (Lipinski definition) is 0. The molecule has 0 aromatic carbocycles. The van der Waals surface area contributed by atoms with E-state index in [0.29, 0.717) is 24.0 Å². The van der Waals surface area contributed by atoms with Crippen LogP contribution in [0.25, 0.3) is 0 Å². The van der Waals surface area contributed by atoms with Gasteiger partial charge in [0, 0.05) is 12.0 Å². The predicted molar refractivity (Wildman–Crippen MR) is 64.5 cm³/mol. The molecule has 2 bridgehead atoms. The first kappa shape index (κ1) is 10.1. The van der Waals surface area contributed by atoms with Gasteiger partial charge in [-0.15, -0.1) is 0 Å². The summed E-state index contributed by atoms with van der Waals surface area (Å²) in [6, 6.07) is 0. The number of allylic oxidation sites excluding steroid dienone is 1. The van der Waals surface area contributed by atoms with Crippen LogP contribution in [0.2, 0.25) is 0 Å². The average molecular weight is 230 g/mol. The van der Waals surface area contributed by atoms with Gasteiger partial charge in [-0.3, -0.25) is 4.79 Å². The molecule has 4 atom stereocenters. The molecule has 0 N–H and O–H groups in total. The topological polar surface area (TPSA) is 26.3 Å². The highest BCUT2D eigenvalue weighted by molar-refractivity contribution is 6.00. The molecule has 4 aliphatic rings. The second kappa shape index (κ2) is 3.11. The molecular weight excluding hydrogens is 212 g/mol. The Morgan fingerprint density at radius 1 is 1.41 bits per heavy atom. The number of hydrogen-bond acceptors (Lipinski definition) is 2. The van der Waals surface area contributed by atoms with Gasteiger partial charge in [0.2, 0.25) is 0 Å². The van der Waals surface area contributed by atoms with E-state index >= 15 is 0 Å². The van der Waals surface area contributed by atoms with Crippen molar-refractivity contribution in [2.24, 2.45) is 11.8 Å². The summed E-state index contributed by atoms with van der Waals surface area (Å²) in [6.45, 7) is 2.20. The van der Waals surface area contributed by atoms with Crippen LogP contribution < -0.4 is 0 Å². The van der Waals surface area contributed by atoms with Crippen LogP contribution in [-0.2, 0) is 9.53 Å². The first-order chi connectivity index (χ1) is 8.20. The Labute approximate surface area is 102 Å². The van der Waals surface area contributed by atoms with Gasteiger partial charge in [0.15, 0.2) is 5.78 Å². The van der Waals surface area contributed by atoms with Gasteiger partial charge in [0.05, 0.1) is 5.60 Å². The van der Waals surface area contributed by atoms with Crippen LogP contribution in [0, 0.1) is 11.8 Å². The lowest BCUT2D eigenvalue weighted by atomic mass is 9.82. The summed E-state index contributed by atoms with van der Waals surface area (Å²) in [5.41, 5.74) is 2.41. The van der Waals surface area contributed by atoms with Crippen LogP contribution in [0.4, 0.5) is 0 Å². The van der Waals surface area contributed by atoms with Crippen LogP contribution in [0.1, 0.15) is 39.0 Å². The SMILES string of the molecule is C[C@H]1CC(=O)C2=C1C[C@@H]1CCC[C@]13C=C[C@H]2O3. The highest BCUT2D eigenvalue weighted by atomic mass is 16.5. The number of Topliss-reactive ketones (excluding diaryl/α,β-unsaturated/α-hetero) is 1. The summed E-state index contributed by atoms with van der Waals surface area (Å²) < 4.78 is 6.28. The highest BCUT2D eigenvalue weighted by Crippen LogP contribution is 2.53. The fraction of sp³-hybridized carbons (Fsp3) is 0.667. The number of ketones is 1. The number of fused-ring (bicyclic) bond motifs is 2. The van der Waals surface area contributed by atoms with E-state index in [1.54, 1.807) is 0 Å². The van der Waals surface area contributed by atoms with Crippen molar-refractivity contribution in [1.82, 2.24) is 0 Å². The second-order valence-corrected chi connectivity index (χ2v) is 6.11. The lowest BCUT2D eigenvalue weighted by Gasteiger charge is -2.29. The van der Waals surface area contributed by atoms with Gasteiger partial charge in [0.1, 0.15) is 6.10 Å². The molecule has 2 aliphatic carbocycles. The fourth-order valence-corrected chi connectivity index (χ4v) is 4.32. The summed E-state index contributed by atoms with van der Waals surface area (Å²) in [5, 5.41) is 0. The van der Waals surface area contributed by atoms with E-state index in [-0.39, 0.29) is 11.7 Å². The Balaban J connectivity index is 1.84. The molecule has 0 saturated heterocycles. The quantitative estimate of drug-likeness (QED) is 0.598. The molecule has 90 valence electrons. The molecule has 1 spiro atoms. The molecule has 0 aromatic rings. The summed E-state index contributed by atoms with van der Waals surface area (Å²) in [6.07, 6.45) is 9.86. The molecule has 0 aromatic heterocycles. The fourth-order valence-electron chi connectivity index (χ4n) is 4.32. The van der Waals surface area contributed by atoms with E-state index in [4.69, 9.17) is 4.74 Å². The minimum Gasteiger partial charge on any atom is -0.358 e. The zero-order chi connectivity index (χ0) is 11.6. The summed E-state index contributed by atoms with van der Waals surface area (Å²) in [7, 11) is 0. The van der Waals surface area contributed by atoms with Gasteiger partial charge in [-0.1, -0.05) is 24.6 Å². The Hall–Kier alpha value is -0.890. The van der Waals surface area contributed by atoms with E-state index in [0.717, 1.165) is 18.4 Å². The van der Waals surface area contributed by atoms with Crippen LogP contribution in [0.3, 0.4) is 0 Å². The van der Waals surface area contributed by atoms with Crippen molar-refractivity contribution in [2.75, 3.05) is 0 Å². The van der Waals surface area contributed by atoms with Crippen LogP contribution in [0.5, 0.6) is 0 Å². The van der Waals surface area contributed by atoms with Crippen LogP contribution in [-0.4, -0.2) is 17.5 Å². The third-order valence-electron chi connectivity index (χ3n) is 5.19. The normalized spacial score (nSPS) is 47.4. The molecule has 1 fully saturated rings. The maximum Gasteiger partial charge on any atom is 0.162 e. The Morgan fingerprint density at radius 2 is 2.29 bits per heavy atom. The van der Waals surface area contributed by atoms with E-state index in [1.807, 2.05) is 0 Å². The third kappa shape index (κ3) is 1.17. The van der Waals surface area contributed by atoms with Crippen molar-refractivity contribution < 1.29 is 9.53 Å². The van der Waals surface area contributed by atoms with Gasteiger partial charge < -0.3 is 4.74 Å². The van der Waals surface area contributed by atoms with Crippen LogP contribution >= 0.6 is 0 Å². The number of carbonyl (C=O) groups excluding carboxylic acids is 1. The smallest absolute Gasteiger partial charge is 0.162 e. The van der Waals surface area contributed by atoms with E-state index in [1.165, 1.54) is 18.4 Å². The lowest BCUT2D eigenvalue weighted by molar-refractivity contribution is -0.117. The Kier molecular flexibility index (Phi) is 1.84. The zero-order valence-electron chi connectivity index (χ0n) is 10.2. The maximum atomic E-state index is 12.1. The maximum absolute atomic E-state index is 12.1.